The summed E-state index contributed by atoms with van der Waals surface area (Å²) in [6, 6.07) is 0. The van der Waals surface area contributed by atoms with Crippen LogP contribution in [0.1, 0.15) is 85.0 Å². The van der Waals surface area contributed by atoms with Gasteiger partial charge in [-0.3, -0.25) is 0 Å². The summed E-state index contributed by atoms with van der Waals surface area (Å²) >= 11 is 0. The van der Waals surface area contributed by atoms with Crippen molar-refractivity contribution in [3.8, 4) is 0 Å². The average Bonchev–Trinajstić information content (AvgIpc) is 2.62. The molecule has 0 atom stereocenters. The van der Waals surface area contributed by atoms with E-state index in [9.17, 15) is 25.2 Å². The molecule has 0 unspecified atom stereocenters. The van der Waals surface area contributed by atoms with Crippen LogP contribution in [0, 0.1) is 0 Å². The van der Waals surface area contributed by atoms with Crippen molar-refractivity contribution in [1.29, 1.82) is 0 Å². The van der Waals surface area contributed by atoms with E-state index < -0.39 is 7.81 Å². The first-order chi connectivity index (χ1) is 13.7. The summed E-state index contributed by atoms with van der Waals surface area (Å²) in [5.74, 6) is 0. The molecule has 0 heterocycles. The van der Waals surface area contributed by atoms with Crippen molar-refractivity contribution in [2.45, 2.75) is 85.0 Å². The predicted octanol–water partition coefficient (Wildman–Crippen LogP) is 8.16. The van der Waals surface area contributed by atoms with Crippen molar-refractivity contribution >= 4 is 7.81 Å². The third-order valence-corrected chi connectivity index (χ3v) is 4.90. The molecule has 0 fully saturated rings. The van der Waals surface area contributed by atoms with Gasteiger partial charge >= 0.3 is 33.0 Å². The van der Waals surface area contributed by atoms with Crippen LogP contribution in [-0.4, -0.2) is 55.6 Å². The Kier molecular flexibility index (Phi) is 15.9. The van der Waals surface area contributed by atoms with Crippen LogP contribution < -0.4 is 0 Å². The van der Waals surface area contributed by atoms with E-state index in [-0.39, 0.29) is 6.61 Å². The molecule has 0 aromatic rings. The molecule has 0 aliphatic heterocycles. The van der Waals surface area contributed by atoms with Crippen molar-refractivity contribution in [2.75, 3.05) is 46.0 Å². The molecule has 30 heavy (non-hydrogen) atoms. The second-order valence-electron chi connectivity index (χ2n) is 8.01. The van der Waals surface area contributed by atoms with Crippen LogP contribution in [0.5, 0.6) is 0 Å². The van der Waals surface area contributed by atoms with Gasteiger partial charge in [0.05, 0.1) is 39.5 Å². The van der Waals surface area contributed by atoms with Gasteiger partial charge in [0.25, 0.3) is 0 Å². The molecule has 0 saturated carbocycles. The van der Waals surface area contributed by atoms with Gasteiger partial charge in [-0.05, 0) is 25.7 Å². The first-order valence-corrected chi connectivity index (χ1v) is 13.3. The van der Waals surface area contributed by atoms with E-state index in [1.54, 1.807) is 0 Å². The van der Waals surface area contributed by atoms with Gasteiger partial charge < -0.3 is 14.3 Å². The second-order valence-corrected chi connectivity index (χ2v) is 9.92. The van der Waals surface area contributed by atoms with E-state index in [0.29, 0.717) is 6.61 Å². The van der Waals surface area contributed by atoms with Gasteiger partial charge in [-0.2, -0.15) is 0 Å². The Morgan fingerprint density at radius 2 is 1.00 bits per heavy atom. The maximum absolute atomic E-state index is 10.7. The molecule has 1 N–H and O–H groups in total. The normalized spacial score (nSPS) is 14.6. The Morgan fingerprint density at radius 1 is 0.600 bits per heavy atom. The van der Waals surface area contributed by atoms with Gasteiger partial charge in [-0.15, -0.1) is 0 Å². The molecule has 10 heteroatoms. The van der Waals surface area contributed by atoms with Crippen LogP contribution in [0.2, 0.25) is 0 Å². The Bertz CT molecular complexity index is 387. The SMILES string of the molecule is CCCCCCCC[N+](CCCC)(CCCC)CCOCCO.F[P-](F)(F)(F)(F)F. The van der Waals surface area contributed by atoms with Crippen LogP contribution in [-0.2, 0) is 4.74 Å². The minimum atomic E-state index is -10.7. The summed E-state index contributed by atoms with van der Waals surface area (Å²) in [4.78, 5) is 0. The molecule has 0 aliphatic rings. The Labute approximate surface area is 179 Å². The van der Waals surface area contributed by atoms with E-state index in [0.717, 1.165) is 13.2 Å². The number of aliphatic hydroxyl groups is 1. The van der Waals surface area contributed by atoms with Gasteiger partial charge in [0, 0.05) is 0 Å². The number of rotatable bonds is 18. The molecule has 0 spiro atoms. The second kappa shape index (κ2) is 14.9. The zero-order valence-corrected chi connectivity index (χ0v) is 19.9. The summed E-state index contributed by atoms with van der Waals surface area (Å²) in [6.45, 7) is 13.3. The zero-order valence-electron chi connectivity index (χ0n) is 19.0. The quantitative estimate of drug-likeness (QED) is 0.0938. The number of unbranched alkanes of at least 4 members (excludes halogenated alkanes) is 7. The Morgan fingerprint density at radius 3 is 1.43 bits per heavy atom. The van der Waals surface area contributed by atoms with Crippen molar-refractivity contribution in [3.05, 3.63) is 0 Å². The first-order valence-electron chi connectivity index (χ1n) is 11.3. The molecule has 0 bridgehead atoms. The van der Waals surface area contributed by atoms with Crippen molar-refractivity contribution < 1.29 is 39.5 Å². The monoisotopic (exact) mass is 475 g/mol. The number of halogens is 6. The number of hydrogen-bond donors (Lipinski definition) is 1. The number of nitrogens with zero attached hydrogens (tertiary/aromatic N) is 1. The van der Waals surface area contributed by atoms with Crippen LogP contribution in [0.15, 0.2) is 0 Å². The van der Waals surface area contributed by atoms with E-state index in [1.807, 2.05) is 0 Å². The number of hydrogen-bond acceptors (Lipinski definition) is 2. The van der Waals surface area contributed by atoms with Crippen molar-refractivity contribution in [3.63, 3.8) is 0 Å². The van der Waals surface area contributed by atoms with Crippen LogP contribution in [0.4, 0.5) is 25.2 Å². The molecular formula is C20H44F6NO2P. The fraction of sp³-hybridized carbons (Fsp3) is 1.00. The molecule has 0 amide bonds. The number of quaternary nitrogens is 1. The third-order valence-electron chi connectivity index (χ3n) is 4.90. The summed E-state index contributed by atoms with van der Waals surface area (Å²) in [5, 5.41) is 8.89. The van der Waals surface area contributed by atoms with Crippen molar-refractivity contribution in [2.24, 2.45) is 0 Å². The number of aliphatic hydroxyl groups excluding tert-OH is 1. The van der Waals surface area contributed by atoms with Crippen LogP contribution in [0.3, 0.4) is 0 Å². The summed E-state index contributed by atoms with van der Waals surface area (Å²) in [6.07, 6.45) is 13.5. The van der Waals surface area contributed by atoms with Gasteiger partial charge in [0.2, 0.25) is 0 Å². The van der Waals surface area contributed by atoms with E-state index in [2.05, 4.69) is 20.8 Å². The molecule has 0 saturated heterocycles. The molecule has 0 radical (unpaired) electrons. The summed E-state index contributed by atoms with van der Waals surface area (Å²) < 4.78 is 66.0. The molecule has 0 rings (SSSR count). The molecule has 0 aromatic carbocycles. The van der Waals surface area contributed by atoms with Crippen molar-refractivity contribution in [1.82, 2.24) is 0 Å². The van der Waals surface area contributed by atoms with Crippen LogP contribution >= 0.6 is 7.81 Å². The first kappa shape index (κ1) is 32.1. The fourth-order valence-electron chi connectivity index (χ4n) is 3.31. The maximum atomic E-state index is 9.87. The Hall–Kier alpha value is -0.110. The summed E-state index contributed by atoms with van der Waals surface area (Å²) in [5.41, 5.74) is 0. The van der Waals surface area contributed by atoms with E-state index >= 15 is 0 Å². The Balaban J connectivity index is 0. The van der Waals surface area contributed by atoms with Gasteiger partial charge in [-0.25, -0.2) is 0 Å². The average molecular weight is 476 g/mol. The summed E-state index contributed by atoms with van der Waals surface area (Å²) in [7, 11) is -10.7. The fourth-order valence-corrected chi connectivity index (χ4v) is 3.31. The zero-order chi connectivity index (χ0) is 23.6. The predicted molar refractivity (Wildman–Crippen MR) is 114 cm³/mol. The topological polar surface area (TPSA) is 29.5 Å². The van der Waals surface area contributed by atoms with E-state index in [4.69, 9.17) is 9.84 Å². The van der Waals surface area contributed by atoms with Gasteiger partial charge in [0.1, 0.15) is 6.54 Å². The molecule has 0 aromatic heterocycles. The molecule has 188 valence electrons. The van der Waals surface area contributed by atoms with Gasteiger partial charge in [-0.1, -0.05) is 59.3 Å². The van der Waals surface area contributed by atoms with Crippen LogP contribution in [0.25, 0.3) is 0 Å². The minimum absolute atomic E-state index is 0.140. The molecule has 0 aliphatic carbocycles. The van der Waals surface area contributed by atoms with Gasteiger partial charge in [0.15, 0.2) is 0 Å². The number of ether oxygens (including phenoxy) is 1. The van der Waals surface area contributed by atoms with E-state index in [1.165, 1.54) is 88.3 Å². The molecule has 3 nitrogen and oxygen atoms in total. The molecular weight excluding hydrogens is 431 g/mol. The standard InChI is InChI=1S/C20H44NO2.F6P/c1-4-7-10-11-12-13-16-21(14-8-5-2,15-9-6-3)17-19-23-20-18-22;1-7(2,3,4,5)6/h22H,4-20H2,1-3H3;/q+1;-1. The third kappa shape index (κ3) is 30.1.